The van der Waals surface area contributed by atoms with Gasteiger partial charge in [0.25, 0.3) is 0 Å². The summed E-state index contributed by atoms with van der Waals surface area (Å²) in [5.41, 5.74) is 0.694. The number of carbonyl (C=O) groups is 1. The standard InChI is InChI=1S/C15H19NO3/c1-10-5-12(10)7-16(2)8-13(17)11-3-4-14-15(6-11)19-9-18-14/h3-4,6,10,12H,5,7-9H2,1-2H3. The average Bonchev–Trinajstić information content (AvgIpc) is 2.91. The predicted molar refractivity (Wildman–Crippen MR) is 71.7 cm³/mol. The zero-order valence-corrected chi connectivity index (χ0v) is 11.4. The van der Waals surface area contributed by atoms with Crippen molar-refractivity contribution in [1.29, 1.82) is 0 Å². The van der Waals surface area contributed by atoms with Gasteiger partial charge in [-0.2, -0.15) is 0 Å². The second-order valence-electron chi connectivity index (χ2n) is 5.66. The first kappa shape index (κ1) is 12.5. The molecular formula is C15H19NO3. The van der Waals surface area contributed by atoms with E-state index in [4.69, 9.17) is 9.47 Å². The van der Waals surface area contributed by atoms with E-state index >= 15 is 0 Å². The van der Waals surface area contributed by atoms with Gasteiger partial charge in [0.15, 0.2) is 17.3 Å². The highest BCUT2D eigenvalue weighted by molar-refractivity contribution is 5.98. The number of likely N-dealkylation sites (N-methyl/N-ethyl adjacent to an activating group) is 1. The molecule has 1 aliphatic heterocycles. The van der Waals surface area contributed by atoms with E-state index in [0.29, 0.717) is 17.9 Å². The van der Waals surface area contributed by atoms with Crippen LogP contribution in [0.5, 0.6) is 11.5 Å². The molecule has 2 aliphatic rings. The molecular weight excluding hydrogens is 242 g/mol. The minimum atomic E-state index is 0.133. The van der Waals surface area contributed by atoms with Gasteiger partial charge in [-0.1, -0.05) is 6.92 Å². The summed E-state index contributed by atoms with van der Waals surface area (Å²) in [6.07, 6.45) is 1.29. The Balaban J connectivity index is 1.60. The highest BCUT2D eigenvalue weighted by atomic mass is 16.7. The molecule has 0 amide bonds. The maximum absolute atomic E-state index is 12.2. The minimum absolute atomic E-state index is 0.133. The van der Waals surface area contributed by atoms with E-state index in [-0.39, 0.29) is 12.6 Å². The molecule has 0 aromatic heterocycles. The molecule has 0 saturated heterocycles. The molecule has 1 aromatic carbocycles. The van der Waals surface area contributed by atoms with Crippen molar-refractivity contribution in [3.8, 4) is 11.5 Å². The molecule has 1 saturated carbocycles. The van der Waals surface area contributed by atoms with Gasteiger partial charge in [-0.25, -0.2) is 0 Å². The average molecular weight is 261 g/mol. The summed E-state index contributed by atoms with van der Waals surface area (Å²) in [6, 6.07) is 5.39. The zero-order chi connectivity index (χ0) is 13.4. The van der Waals surface area contributed by atoms with Crippen LogP contribution in [-0.2, 0) is 0 Å². The third-order valence-electron chi connectivity index (χ3n) is 3.93. The van der Waals surface area contributed by atoms with E-state index < -0.39 is 0 Å². The number of ketones is 1. The molecule has 0 bridgehead atoms. The molecule has 102 valence electrons. The van der Waals surface area contributed by atoms with E-state index in [0.717, 1.165) is 24.1 Å². The summed E-state index contributed by atoms with van der Waals surface area (Å²) in [4.78, 5) is 14.3. The van der Waals surface area contributed by atoms with Crippen molar-refractivity contribution >= 4 is 5.78 Å². The summed E-state index contributed by atoms with van der Waals surface area (Å²) in [5.74, 6) is 3.12. The van der Waals surface area contributed by atoms with Crippen molar-refractivity contribution in [1.82, 2.24) is 4.90 Å². The summed E-state index contributed by atoms with van der Waals surface area (Å²) in [6.45, 7) is 3.98. The molecule has 0 N–H and O–H groups in total. The third-order valence-corrected chi connectivity index (χ3v) is 3.93. The Morgan fingerprint density at radius 2 is 2.11 bits per heavy atom. The molecule has 1 heterocycles. The van der Waals surface area contributed by atoms with Crippen molar-refractivity contribution in [2.24, 2.45) is 11.8 Å². The van der Waals surface area contributed by atoms with E-state index in [1.54, 1.807) is 12.1 Å². The van der Waals surface area contributed by atoms with Gasteiger partial charge in [-0.05, 0) is 43.5 Å². The van der Waals surface area contributed by atoms with Crippen LogP contribution in [0.1, 0.15) is 23.7 Å². The maximum atomic E-state index is 12.2. The first-order valence-corrected chi connectivity index (χ1v) is 6.75. The van der Waals surface area contributed by atoms with Crippen LogP contribution in [0.25, 0.3) is 0 Å². The lowest BCUT2D eigenvalue weighted by Crippen LogP contribution is -2.28. The molecule has 4 nitrogen and oxygen atoms in total. The van der Waals surface area contributed by atoms with Crippen LogP contribution < -0.4 is 9.47 Å². The molecule has 1 aliphatic carbocycles. The Morgan fingerprint density at radius 1 is 1.37 bits per heavy atom. The lowest BCUT2D eigenvalue weighted by Gasteiger charge is -2.15. The number of Topliss-reactive ketones (excluding diaryl/α,β-unsaturated/α-hetero) is 1. The van der Waals surface area contributed by atoms with Crippen LogP contribution in [0.15, 0.2) is 18.2 Å². The van der Waals surface area contributed by atoms with E-state index in [1.165, 1.54) is 6.42 Å². The number of rotatable bonds is 5. The molecule has 4 heteroatoms. The SMILES string of the molecule is CC1CC1CN(C)CC(=O)c1ccc2c(c1)OCO2. The van der Waals surface area contributed by atoms with Crippen molar-refractivity contribution in [2.45, 2.75) is 13.3 Å². The quantitative estimate of drug-likeness (QED) is 0.762. The van der Waals surface area contributed by atoms with Gasteiger partial charge < -0.3 is 9.47 Å². The zero-order valence-electron chi connectivity index (χ0n) is 11.4. The van der Waals surface area contributed by atoms with Crippen LogP contribution >= 0.6 is 0 Å². The Morgan fingerprint density at radius 3 is 2.84 bits per heavy atom. The number of carbonyl (C=O) groups excluding carboxylic acids is 1. The van der Waals surface area contributed by atoms with Gasteiger partial charge >= 0.3 is 0 Å². The number of nitrogens with zero attached hydrogens (tertiary/aromatic N) is 1. The lowest BCUT2D eigenvalue weighted by atomic mass is 10.1. The number of hydrogen-bond donors (Lipinski definition) is 0. The fourth-order valence-electron chi connectivity index (χ4n) is 2.52. The fraction of sp³-hybridized carbons (Fsp3) is 0.533. The van der Waals surface area contributed by atoms with Gasteiger partial charge in [-0.15, -0.1) is 0 Å². The highest BCUT2D eigenvalue weighted by Crippen LogP contribution is 2.38. The summed E-state index contributed by atoms with van der Waals surface area (Å²) in [5, 5.41) is 0. The van der Waals surface area contributed by atoms with Crippen molar-refractivity contribution in [3.05, 3.63) is 23.8 Å². The second-order valence-corrected chi connectivity index (χ2v) is 5.66. The van der Waals surface area contributed by atoms with Gasteiger partial charge in [0.1, 0.15) is 0 Å². The smallest absolute Gasteiger partial charge is 0.231 e. The maximum Gasteiger partial charge on any atom is 0.231 e. The van der Waals surface area contributed by atoms with Gasteiger partial charge in [-0.3, -0.25) is 9.69 Å². The molecule has 1 aromatic rings. The molecule has 19 heavy (non-hydrogen) atoms. The molecule has 3 rings (SSSR count). The second kappa shape index (κ2) is 4.85. The topological polar surface area (TPSA) is 38.8 Å². The number of benzene rings is 1. The Hall–Kier alpha value is -1.55. The van der Waals surface area contributed by atoms with Crippen LogP contribution in [-0.4, -0.2) is 37.6 Å². The van der Waals surface area contributed by atoms with Gasteiger partial charge in [0.2, 0.25) is 6.79 Å². The molecule has 0 radical (unpaired) electrons. The van der Waals surface area contributed by atoms with Crippen molar-refractivity contribution in [3.63, 3.8) is 0 Å². The first-order valence-electron chi connectivity index (χ1n) is 6.75. The Kier molecular flexibility index (Phi) is 3.19. The molecule has 2 atom stereocenters. The molecule has 0 spiro atoms. The van der Waals surface area contributed by atoms with E-state index in [1.807, 2.05) is 13.1 Å². The van der Waals surface area contributed by atoms with Gasteiger partial charge in [0, 0.05) is 12.1 Å². The molecule has 1 fully saturated rings. The molecule has 2 unspecified atom stereocenters. The number of ether oxygens (including phenoxy) is 2. The van der Waals surface area contributed by atoms with E-state index in [2.05, 4.69) is 11.8 Å². The van der Waals surface area contributed by atoms with Crippen molar-refractivity contribution < 1.29 is 14.3 Å². The largest absolute Gasteiger partial charge is 0.454 e. The van der Waals surface area contributed by atoms with Crippen molar-refractivity contribution in [2.75, 3.05) is 26.9 Å². The predicted octanol–water partition coefficient (Wildman–Crippen LogP) is 2.19. The number of hydrogen-bond acceptors (Lipinski definition) is 4. The summed E-state index contributed by atoms with van der Waals surface area (Å²) >= 11 is 0. The summed E-state index contributed by atoms with van der Waals surface area (Å²) < 4.78 is 10.5. The third kappa shape index (κ3) is 2.73. The van der Waals surface area contributed by atoms with Gasteiger partial charge in [0.05, 0.1) is 6.54 Å². The Bertz CT molecular complexity index is 500. The van der Waals surface area contributed by atoms with Crippen LogP contribution in [0.4, 0.5) is 0 Å². The first-order chi connectivity index (χ1) is 9.13. The lowest BCUT2D eigenvalue weighted by molar-refractivity contribution is 0.0943. The summed E-state index contributed by atoms with van der Waals surface area (Å²) in [7, 11) is 2.01. The minimum Gasteiger partial charge on any atom is -0.454 e. The van der Waals surface area contributed by atoms with Crippen LogP contribution in [0.2, 0.25) is 0 Å². The van der Waals surface area contributed by atoms with Crippen LogP contribution in [0, 0.1) is 11.8 Å². The fourth-order valence-corrected chi connectivity index (χ4v) is 2.52. The normalized spacial score (nSPS) is 23.7. The number of fused-ring (bicyclic) bond motifs is 1. The monoisotopic (exact) mass is 261 g/mol. The van der Waals surface area contributed by atoms with E-state index in [9.17, 15) is 4.79 Å². The van der Waals surface area contributed by atoms with Crippen LogP contribution in [0.3, 0.4) is 0 Å². The Labute approximate surface area is 113 Å². The highest BCUT2D eigenvalue weighted by Gasteiger charge is 2.33.